The zero-order valence-electron chi connectivity index (χ0n) is 20.9. The van der Waals surface area contributed by atoms with E-state index < -0.39 is 40.2 Å². The van der Waals surface area contributed by atoms with Gasteiger partial charge in [0, 0.05) is 24.5 Å². The van der Waals surface area contributed by atoms with Gasteiger partial charge in [-0.05, 0) is 48.4 Å². The quantitative estimate of drug-likeness (QED) is 0.357. The maximum atomic E-state index is 13.9. The molecule has 0 fully saturated rings. The van der Waals surface area contributed by atoms with Crippen LogP contribution >= 0.6 is 23.2 Å². The van der Waals surface area contributed by atoms with Gasteiger partial charge in [-0.15, -0.1) is 0 Å². The van der Waals surface area contributed by atoms with Crippen molar-refractivity contribution in [3.05, 3.63) is 99.8 Å². The van der Waals surface area contributed by atoms with Crippen molar-refractivity contribution in [3.63, 3.8) is 0 Å². The summed E-state index contributed by atoms with van der Waals surface area (Å²) in [5.74, 6) is -1.49. The lowest BCUT2D eigenvalue weighted by Gasteiger charge is -2.33. The van der Waals surface area contributed by atoms with E-state index in [2.05, 4.69) is 5.32 Å². The average molecular weight is 581 g/mol. The summed E-state index contributed by atoms with van der Waals surface area (Å²) in [5, 5.41) is 3.11. The molecule has 0 saturated carbocycles. The lowest BCUT2D eigenvalue weighted by molar-refractivity contribution is -0.140. The Balaban J connectivity index is 2.05. The van der Waals surface area contributed by atoms with Gasteiger partial charge in [0.2, 0.25) is 21.8 Å². The second-order valence-corrected chi connectivity index (χ2v) is 11.4. The SMILES string of the molecule is CCNC(=O)C(Cc1ccccc1)N(Cc1ccc(F)cc1)C(=O)CN(c1ccc(Cl)cc1Cl)S(C)(=O)=O. The maximum absolute atomic E-state index is 13.9. The second kappa shape index (κ2) is 13.1. The molecule has 3 aromatic rings. The van der Waals surface area contributed by atoms with Gasteiger partial charge in [0.05, 0.1) is 17.0 Å². The van der Waals surface area contributed by atoms with Gasteiger partial charge in [0.1, 0.15) is 18.4 Å². The number of anilines is 1. The van der Waals surface area contributed by atoms with E-state index in [-0.39, 0.29) is 23.7 Å². The van der Waals surface area contributed by atoms with E-state index in [9.17, 15) is 22.4 Å². The molecule has 3 rings (SSSR count). The van der Waals surface area contributed by atoms with E-state index in [0.717, 1.165) is 16.1 Å². The third kappa shape index (κ3) is 7.93. The normalized spacial score (nSPS) is 12.0. The molecule has 1 unspecified atom stereocenters. The Hall–Kier alpha value is -3.14. The monoisotopic (exact) mass is 579 g/mol. The van der Waals surface area contributed by atoms with Crippen LogP contribution in [0.2, 0.25) is 10.0 Å². The van der Waals surface area contributed by atoms with Gasteiger partial charge in [0.25, 0.3) is 0 Å². The highest BCUT2D eigenvalue weighted by Gasteiger charge is 2.33. The summed E-state index contributed by atoms with van der Waals surface area (Å²) in [5.41, 5.74) is 1.45. The predicted molar refractivity (Wildman–Crippen MR) is 148 cm³/mol. The largest absolute Gasteiger partial charge is 0.355 e. The zero-order chi connectivity index (χ0) is 27.9. The minimum atomic E-state index is -3.97. The number of likely N-dealkylation sites (N-methyl/N-ethyl adjacent to an activating group) is 1. The minimum Gasteiger partial charge on any atom is -0.355 e. The van der Waals surface area contributed by atoms with Crippen LogP contribution in [0.15, 0.2) is 72.8 Å². The molecule has 0 aliphatic heterocycles. The fourth-order valence-electron chi connectivity index (χ4n) is 3.91. The van der Waals surface area contributed by atoms with Crippen LogP contribution in [0, 0.1) is 5.82 Å². The molecule has 0 spiro atoms. The maximum Gasteiger partial charge on any atom is 0.244 e. The Morgan fingerprint density at radius 3 is 2.21 bits per heavy atom. The summed E-state index contributed by atoms with van der Waals surface area (Å²) in [6, 6.07) is 18.0. The number of benzene rings is 3. The molecule has 202 valence electrons. The van der Waals surface area contributed by atoms with E-state index in [1.807, 2.05) is 30.3 Å². The molecule has 0 heterocycles. The van der Waals surface area contributed by atoms with Gasteiger partial charge in [0.15, 0.2) is 0 Å². The number of nitrogens with zero attached hydrogens (tertiary/aromatic N) is 2. The number of rotatable bonds is 11. The predicted octanol–water partition coefficient (Wildman–Crippen LogP) is 4.67. The third-order valence-electron chi connectivity index (χ3n) is 5.75. The Labute approximate surface area is 232 Å². The molecule has 0 radical (unpaired) electrons. The van der Waals surface area contributed by atoms with Crippen molar-refractivity contribution in [1.29, 1.82) is 0 Å². The molecule has 11 heteroatoms. The summed E-state index contributed by atoms with van der Waals surface area (Å²) in [6.07, 6.45) is 1.14. The first-order chi connectivity index (χ1) is 18.0. The summed E-state index contributed by atoms with van der Waals surface area (Å²) in [4.78, 5) is 28.4. The van der Waals surface area contributed by atoms with Crippen LogP contribution in [0.5, 0.6) is 0 Å². The Bertz CT molecular complexity index is 1370. The van der Waals surface area contributed by atoms with E-state index in [1.54, 1.807) is 6.92 Å². The van der Waals surface area contributed by atoms with E-state index in [4.69, 9.17) is 23.2 Å². The van der Waals surface area contributed by atoms with Gasteiger partial charge >= 0.3 is 0 Å². The molecule has 1 N–H and O–H groups in total. The number of carbonyl (C=O) groups is 2. The number of hydrogen-bond donors (Lipinski definition) is 1. The summed E-state index contributed by atoms with van der Waals surface area (Å²) in [6.45, 7) is 1.42. The van der Waals surface area contributed by atoms with Gasteiger partial charge in [-0.1, -0.05) is 65.7 Å². The van der Waals surface area contributed by atoms with Crippen LogP contribution in [0.4, 0.5) is 10.1 Å². The Morgan fingerprint density at radius 2 is 1.63 bits per heavy atom. The molecule has 38 heavy (non-hydrogen) atoms. The fourth-order valence-corrected chi connectivity index (χ4v) is 5.33. The van der Waals surface area contributed by atoms with Gasteiger partial charge < -0.3 is 10.2 Å². The van der Waals surface area contributed by atoms with Crippen molar-refractivity contribution in [2.45, 2.75) is 25.9 Å². The summed E-state index contributed by atoms with van der Waals surface area (Å²) >= 11 is 12.3. The molecule has 0 aromatic heterocycles. The Morgan fingerprint density at radius 1 is 0.974 bits per heavy atom. The lowest BCUT2D eigenvalue weighted by Crippen LogP contribution is -2.53. The first-order valence-electron chi connectivity index (χ1n) is 11.8. The van der Waals surface area contributed by atoms with Crippen molar-refractivity contribution in [3.8, 4) is 0 Å². The molecular weight excluding hydrogens is 552 g/mol. The highest BCUT2D eigenvalue weighted by Crippen LogP contribution is 2.30. The number of hydrogen-bond acceptors (Lipinski definition) is 4. The highest BCUT2D eigenvalue weighted by molar-refractivity contribution is 7.92. The summed E-state index contributed by atoms with van der Waals surface area (Å²) in [7, 11) is -3.97. The van der Waals surface area contributed by atoms with E-state index in [1.165, 1.54) is 47.4 Å². The van der Waals surface area contributed by atoms with Crippen LogP contribution in [0.1, 0.15) is 18.1 Å². The van der Waals surface area contributed by atoms with Crippen LogP contribution in [0.3, 0.4) is 0 Å². The molecule has 0 aliphatic rings. The molecule has 1 atom stereocenters. The minimum absolute atomic E-state index is 0.0466. The molecule has 3 aromatic carbocycles. The number of amides is 2. The first-order valence-corrected chi connectivity index (χ1v) is 14.4. The molecule has 2 amide bonds. The molecule has 0 aliphatic carbocycles. The van der Waals surface area contributed by atoms with E-state index in [0.29, 0.717) is 17.1 Å². The van der Waals surface area contributed by atoms with Gasteiger partial charge in [-0.3, -0.25) is 13.9 Å². The lowest BCUT2D eigenvalue weighted by atomic mass is 10.0. The molecule has 0 saturated heterocycles. The number of nitrogens with one attached hydrogen (secondary N) is 1. The van der Waals surface area contributed by atoms with Crippen molar-refractivity contribution in [1.82, 2.24) is 10.2 Å². The number of carbonyl (C=O) groups excluding carboxylic acids is 2. The van der Waals surface area contributed by atoms with Crippen LogP contribution in [0.25, 0.3) is 0 Å². The van der Waals surface area contributed by atoms with Crippen molar-refractivity contribution in [2.24, 2.45) is 0 Å². The highest BCUT2D eigenvalue weighted by atomic mass is 35.5. The standard InChI is InChI=1S/C27H28Cl2FN3O4S/c1-3-31-27(35)25(15-19-7-5-4-6-8-19)32(17-20-9-12-22(30)13-10-20)26(34)18-33(38(2,36)37)24-14-11-21(28)16-23(24)29/h4-14,16,25H,3,15,17-18H2,1-2H3,(H,31,35). The third-order valence-corrected chi connectivity index (χ3v) is 7.41. The van der Waals surface area contributed by atoms with Crippen LogP contribution in [-0.4, -0.2) is 50.5 Å². The first kappa shape index (κ1) is 29.4. The number of sulfonamides is 1. The Kier molecular flexibility index (Phi) is 10.1. The zero-order valence-corrected chi connectivity index (χ0v) is 23.2. The summed E-state index contributed by atoms with van der Waals surface area (Å²) < 4.78 is 40.0. The molecule has 0 bridgehead atoms. The van der Waals surface area contributed by atoms with Crippen molar-refractivity contribution in [2.75, 3.05) is 23.7 Å². The number of halogens is 3. The van der Waals surface area contributed by atoms with Gasteiger partial charge in [-0.25, -0.2) is 12.8 Å². The topological polar surface area (TPSA) is 86.8 Å². The van der Waals surface area contributed by atoms with E-state index >= 15 is 0 Å². The van der Waals surface area contributed by atoms with Crippen molar-refractivity contribution >= 4 is 50.7 Å². The van der Waals surface area contributed by atoms with Crippen LogP contribution < -0.4 is 9.62 Å². The average Bonchev–Trinajstić information content (AvgIpc) is 2.86. The van der Waals surface area contributed by atoms with Crippen molar-refractivity contribution < 1.29 is 22.4 Å². The molecular formula is C27H28Cl2FN3O4S. The second-order valence-electron chi connectivity index (χ2n) is 8.61. The molecule has 7 nitrogen and oxygen atoms in total. The fraction of sp³-hybridized carbons (Fsp3) is 0.259. The smallest absolute Gasteiger partial charge is 0.244 e. The van der Waals surface area contributed by atoms with Gasteiger partial charge in [-0.2, -0.15) is 0 Å². The van der Waals surface area contributed by atoms with Crippen LogP contribution in [-0.2, 0) is 32.6 Å².